The molecule has 4 N–H and O–H groups in total. The molecule has 2 aromatic carbocycles. The van der Waals surface area contributed by atoms with Crippen LogP contribution in [-0.2, 0) is 9.53 Å². The number of ether oxygens (including phenoxy) is 1. The van der Waals surface area contributed by atoms with Crippen molar-refractivity contribution in [3.8, 4) is 33.9 Å². The van der Waals surface area contributed by atoms with Crippen LogP contribution in [0.3, 0.4) is 0 Å². The van der Waals surface area contributed by atoms with E-state index in [1.54, 1.807) is 23.5 Å². The molecule has 1 aliphatic heterocycles. The summed E-state index contributed by atoms with van der Waals surface area (Å²) in [5.41, 5.74) is 5.08. The predicted octanol–water partition coefficient (Wildman–Crippen LogP) is 4.97. The Morgan fingerprint density at radius 2 is 1.58 bits per heavy atom. The fourth-order valence-corrected chi connectivity index (χ4v) is 5.50. The molecule has 1 aliphatic rings. The molecule has 5 aromatic rings. The number of benzene rings is 2. The smallest absolute Gasteiger partial charge is 0.407 e. The molecule has 1 fully saturated rings. The number of nitrogens with one attached hydrogen (secondary N) is 4. The Labute approximate surface area is 260 Å². The van der Waals surface area contributed by atoms with Crippen LogP contribution in [0.15, 0.2) is 79.4 Å². The molecule has 1 saturated heterocycles. The van der Waals surface area contributed by atoms with E-state index in [0.717, 1.165) is 46.7 Å². The molecular formula is C33H35N9O3. The highest BCUT2D eigenvalue weighted by Crippen LogP contribution is 2.34. The highest BCUT2D eigenvalue weighted by atomic mass is 16.5. The first-order chi connectivity index (χ1) is 21.9. The first-order valence-electron chi connectivity index (χ1n) is 14.9. The summed E-state index contributed by atoms with van der Waals surface area (Å²) in [6.07, 6.45) is 7.99. The standard InChI is InChI=1S/C33H35N9O3/c1-20(34-2)29-37-18-25(39-29)21-11-13-23(14-12-21)30-35-16-24(17-36-30)26-19-38-31(40-26)27-10-7-15-42(27)32(43)28(41-33(44)45-3)22-8-5-4-6-9-22/h4-6,8-9,11-14,16-20,27-28,34H,7,10,15H2,1-3H3,(H,37,39)(H,38,40)(H,41,44)/t20-,27-,28+/m0/s1. The molecule has 3 aromatic heterocycles. The van der Waals surface area contributed by atoms with Crippen molar-refractivity contribution in [3.63, 3.8) is 0 Å². The van der Waals surface area contributed by atoms with Gasteiger partial charge in [0.1, 0.15) is 17.7 Å². The first-order valence-corrected chi connectivity index (χ1v) is 14.9. The van der Waals surface area contributed by atoms with Gasteiger partial charge in [-0.2, -0.15) is 0 Å². The molecule has 0 radical (unpaired) electrons. The SMILES string of the molecule is CN[C@@H](C)c1ncc(-c2ccc(-c3ncc(-c4cnc([C@@H]5CCCN5C(=O)[C@H](NC(=O)OC)c5ccccc5)[nH]4)cn3)cc2)[nH]1. The molecular weight excluding hydrogens is 570 g/mol. The quantitative estimate of drug-likeness (QED) is 0.184. The number of hydrogen-bond acceptors (Lipinski definition) is 8. The number of amides is 2. The zero-order chi connectivity index (χ0) is 31.3. The van der Waals surface area contributed by atoms with E-state index in [2.05, 4.69) is 47.5 Å². The van der Waals surface area contributed by atoms with Gasteiger partial charge in [0.05, 0.1) is 43.0 Å². The maximum absolute atomic E-state index is 13.8. The minimum atomic E-state index is -0.872. The van der Waals surface area contributed by atoms with Crippen LogP contribution in [0.4, 0.5) is 4.79 Å². The second kappa shape index (κ2) is 13.1. The highest BCUT2D eigenvalue weighted by molar-refractivity contribution is 5.87. The zero-order valence-electron chi connectivity index (χ0n) is 25.3. The van der Waals surface area contributed by atoms with Gasteiger partial charge >= 0.3 is 6.09 Å². The Hall–Kier alpha value is -5.36. The Kier molecular flexibility index (Phi) is 8.65. The van der Waals surface area contributed by atoms with Gasteiger partial charge in [-0.1, -0.05) is 54.6 Å². The summed E-state index contributed by atoms with van der Waals surface area (Å²) in [6.45, 7) is 2.61. The monoisotopic (exact) mass is 605 g/mol. The molecule has 230 valence electrons. The molecule has 3 atom stereocenters. The third-order valence-electron chi connectivity index (χ3n) is 8.13. The number of methoxy groups -OCH3 is 1. The number of nitrogens with zero attached hydrogens (tertiary/aromatic N) is 5. The number of imidazole rings is 2. The number of H-pyrrole nitrogens is 2. The highest BCUT2D eigenvalue weighted by Gasteiger charge is 2.37. The van der Waals surface area contributed by atoms with Crippen molar-refractivity contribution in [2.45, 2.75) is 37.9 Å². The lowest BCUT2D eigenvalue weighted by Gasteiger charge is -2.28. The number of carbonyl (C=O) groups is 2. The van der Waals surface area contributed by atoms with Crippen molar-refractivity contribution in [3.05, 3.63) is 96.6 Å². The number of hydrogen-bond donors (Lipinski definition) is 4. The lowest BCUT2D eigenvalue weighted by molar-refractivity contribution is -0.134. The summed E-state index contributed by atoms with van der Waals surface area (Å²) in [5, 5.41) is 5.88. The van der Waals surface area contributed by atoms with Gasteiger partial charge in [-0.15, -0.1) is 0 Å². The molecule has 0 saturated carbocycles. The van der Waals surface area contributed by atoms with Crippen molar-refractivity contribution in [1.29, 1.82) is 0 Å². The number of carbonyl (C=O) groups excluding carboxylic acids is 2. The second-order valence-corrected chi connectivity index (χ2v) is 10.9. The topological polar surface area (TPSA) is 154 Å². The van der Waals surface area contributed by atoms with E-state index in [0.29, 0.717) is 23.8 Å². The second-order valence-electron chi connectivity index (χ2n) is 10.9. The average Bonchev–Trinajstić information content (AvgIpc) is 3.88. The van der Waals surface area contributed by atoms with E-state index in [1.807, 2.05) is 67.8 Å². The molecule has 0 bridgehead atoms. The van der Waals surface area contributed by atoms with Crippen LogP contribution in [0, 0.1) is 0 Å². The van der Waals surface area contributed by atoms with Crippen LogP contribution >= 0.6 is 0 Å². The van der Waals surface area contributed by atoms with Gasteiger partial charge in [0.25, 0.3) is 5.91 Å². The minimum Gasteiger partial charge on any atom is -0.453 e. The van der Waals surface area contributed by atoms with Crippen LogP contribution in [0.1, 0.15) is 55.1 Å². The summed E-state index contributed by atoms with van der Waals surface area (Å²) < 4.78 is 4.79. The van der Waals surface area contributed by atoms with Crippen LogP contribution in [0.2, 0.25) is 0 Å². The number of likely N-dealkylation sites (tertiary alicyclic amines) is 1. The van der Waals surface area contributed by atoms with Gasteiger partial charge in [0.15, 0.2) is 5.82 Å². The Bertz CT molecular complexity index is 1750. The summed E-state index contributed by atoms with van der Waals surface area (Å²) >= 11 is 0. The van der Waals surface area contributed by atoms with Crippen molar-refractivity contribution >= 4 is 12.0 Å². The van der Waals surface area contributed by atoms with E-state index in [4.69, 9.17) is 4.74 Å². The van der Waals surface area contributed by atoms with Gasteiger partial charge in [-0.25, -0.2) is 24.7 Å². The van der Waals surface area contributed by atoms with E-state index >= 15 is 0 Å². The van der Waals surface area contributed by atoms with Gasteiger partial charge in [0, 0.05) is 30.1 Å². The Morgan fingerprint density at radius 3 is 2.29 bits per heavy atom. The number of aromatic nitrogens is 6. The third kappa shape index (κ3) is 6.31. The van der Waals surface area contributed by atoms with Crippen LogP contribution in [0.5, 0.6) is 0 Å². The van der Waals surface area contributed by atoms with Gasteiger partial charge < -0.3 is 30.2 Å². The number of rotatable bonds is 9. The summed E-state index contributed by atoms with van der Waals surface area (Å²) in [7, 11) is 3.18. The fourth-order valence-electron chi connectivity index (χ4n) is 5.50. The average molecular weight is 606 g/mol. The van der Waals surface area contributed by atoms with E-state index in [-0.39, 0.29) is 18.0 Å². The molecule has 45 heavy (non-hydrogen) atoms. The van der Waals surface area contributed by atoms with Crippen LogP contribution in [0.25, 0.3) is 33.9 Å². The number of aromatic amines is 2. The molecule has 12 nitrogen and oxygen atoms in total. The van der Waals surface area contributed by atoms with Crippen molar-refractivity contribution < 1.29 is 14.3 Å². The number of alkyl carbamates (subject to hydrolysis) is 1. The third-order valence-corrected chi connectivity index (χ3v) is 8.13. The van der Waals surface area contributed by atoms with E-state index in [1.165, 1.54) is 7.11 Å². The Morgan fingerprint density at radius 1 is 0.889 bits per heavy atom. The molecule has 12 heteroatoms. The normalized spacial score (nSPS) is 15.9. The minimum absolute atomic E-state index is 0.137. The fraction of sp³-hybridized carbons (Fsp3) is 0.273. The van der Waals surface area contributed by atoms with Crippen LogP contribution in [-0.4, -0.2) is 67.5 Å². The zero-order valence-corrected chi connectivity index (χ0v) is 25.3. The van der Waals surface area contributed by atoms with E-state index < -0.39 is 12.1 Å². The molecule has 0 aliphatic carbocycles. The van der Waals surface area contributed by atoms with Crippen molar-refractivity contribution in [1.82, 2.24) is 45.4 Å². The first kappa shape index (κ1) is 29.7. The molecule has 0 spiro atoms. The summed E-state index contributed by atoms with van der Waals surface area (Å²) in [6, 6.07) is 16.2. The predicted molar refractivity (Wildman–Crippen MR) is 169 cm³/mol. The molecule has 0 unspecified atom stereocenters. The van der Waals surface area contributed by atoms with Crippen molar-refractivity contribution in [2.24, 2.45) is 0 Å². The lowest BCUT2D eigenvalue weighted by Crippen LogP contribution is -2.42. The van der Waals surface area contributed by atoms with Gasteiger partial charge in [-0.3, -0.25) is 4.79 Å². The summed E-state index contributed by atoms with van der Waals surface area (Å²) in [4.78, 5) is 52.7. The molecule has 2 amide bonds. The molecule has 4 heterocycles. The maximum atomic E-state index is 13.8. The van der Waals surface area contributed by atoms with Gasteiger partial charge in [-0.05, 0) is 37.9 Å². The van der Waals surface area contributed by atoms with E-state index in [9.17, 15) is 9.59 Å². The molecule has 6 rings (SSSR count). The Balaban J connectivity index is 1.16. The van der Waals surface area contributed by atoms with Gasteiger partial charge in [0.2, 0.25) is 0 Å². The summed E-state index contributed by atoms with van der Waals surface area (Å²) in [5.74, 6) is 1.95. The maximum Gasteiger partial charge on any atom is 0.407 e. The van der Waals surface area contributed by atoms with Crippen LogP contribution < -0.4 is 10.6 Å². The lowest BCUT2D eigenvalue weighted by atomic mass is 10.1. The van der Waals surface area contributed by atoms with Crippen molar-refractivity contribution in [2.75, 3.05) is 20.7 Å². The largest absolute Gasteiger partial charge is 0.453 e.